The average Bonchev–Trinajstić information content (AvgIpc) is 2.99. The third kappa shape index (κ3) is 10.3. The zero-order chi connectivity index (χ0) is 28.4. The number of rotatable bonds is 19. The Morgan fingerprint density at radius 2 is 1.40 bits per heavy atom. The van der Waals surface area contributed by atoms with Crippen molar-refractivity contribution in [1.29, 1.82) is 0 Å². The normalized spacial score (nSPS) is 16.6. The molecule has 0 aliphatic carbocycles. The number of methoxy groups -OCH3 is 2. The topological polar surface area (TPSA) is 59.6 Å². The maximum absolute atomic E-state index is 12.9. The van der Waals surface area contributed by atoms with Gasteiger partial charge in [0.25, 0.3) is 0 Å². The molecule has 2 N–H and O–H groups in total. The smallest absolute Gasteiger partial charge is 0.221 e. The van der Waals surface area contributed by atoms with Crippen LogP contribution in [0.4, 0.5) is 0 Å². The van der Waals surface area contributed by atoms with Gasteiger partial charge in [0.1, 0.15) is 6.17 Å². The predicted octanol–water partition coefficient (Wildman–Crippen LogP) is 8.59. The third-order valence-electron chi connectivity index (χ3n) is 7.97. The van der Waals surface area contributed by atoms with E-state index < -0.39 is 0 Å². The van der Waals surface area contributed by atoms with Gasteiger partial charge in [0, 0.05) is 18.9 Å². The molecule has 40 heavy (non-hydrogen) atoms. The van der Waals surface area contributed by atoms with Gasteiger partial charge in [-0.3, -0.25) is 10.1 Å². The molecule has 5 heteroatoms. The molecule has 2 atom stereocenters. The largest absolute Gasteiger partial charge is 0.493 e. The van der Waals surface area contributed by atoms with E-state index in [0.29, 0.717) is 17.9 Å². The molecule has 0 saturated heterocycles. The highest BCUT2D eigenvalue weighted by molar-refractivity contribution is 5.76. The number of benzene rings is 2. The van der Waals surface area contributed by atoms with Crippen molar-refractivity contribution in [2.45, 2.75) is 109 Å². The molecule has 0 fully saturated rings. The average molecular weight is 549 g/mol. The van der Waals surface area contributed by atoms with Gasteiger partial charge in [0.05, 0.1) is 14.2 Å². The van der Waals surface area contributed by atoms with E-state index in [-0.39, 0.29) is 18.0 Å². The molecule has 0 spiro atoms. The molecule has 0 bridgehead atoms. The van der Waals surface area contributed by atoms with Crippen LogP contribution in [-0.4, -0.2) is 26.7 Å². The van der Waals surface area contributed by atoms with Gasteiger partial charge in [-0.05, 0) is 60.9 Å². The van der Waals surface area contributed by atoms with Crippen LogP contribution in [0.5, 0.6) is 11.5 Å². The van der Waals surface area contributed by atoms with Crippen molar-refractivity contribution in [3.8, 4) is 11.5 Å². The van der Waals surface area contributed by atoms with E-state index >= 15 is 0 Å². The van der Waals surface area contributed by atoms with Gasteiger partial charge in [0.2, 0.25) is 5.91 Å². The van der Waals surface area contributed by atoms with Crippen LogP contribution in [0.25, 0.3) is 0 Å². The Morgan fingerprint density at radius 3 is 2.02 bits per heavy atom. The second kappa shape index (κ2) is 18.5. The van der Waals surface area contributed by atoms with Crippen molar-refractivity contribution < 1.29 is 14.3 Å². The lowest BCUT2D eigenvalue weighted by Gasteiger charge is -2.34. The van der Waals surface area contributed by atoms with E-state index in [1.807, 2.05) is 12.1 Å². The Morgan fingerprint density at radius 1 is 0.825 bits per heavy atom. The van der Waals surface area contributed by atoms with Gasteiger partial charge in [0.15, 0.2) is 11.5 Å². The fourth-order valence-corrected chi connectivity index (χ4v) is 5.62. The van der Waals surface area contributed by atoms with Crippen LogP contribution in [0, 0.1) is 0 Å². The summed E-state index contributed by atoms with van der Waals surface area (Å²) in [6, 6.07) is 14.5. The Bertz CT molecular complexity index is 1020. The SMILES string of the molecule is CCCCCCCC/C=C\CCCCCCCC(=O)NC1NCC(c2ccccc2)c2cc(OC)c(OC)cc21. The molecule has 220 valence electrons. The number of carbonyl (C=O) groups excluding carboxylic acids is 1. The Kier molecular flexibility index (Phi) is 14.7. The fraction of sp³-hybridized carbons (Fsp3) is 0.571. The monoisotopic (exact) mass is 548 g/mol. The Balaban J connectivity index is 1.38. The van der Waals surface area contributed by atoms with Crippen molar-refractivity contribution in [2.24, 2.45) is 0 Å². The number of unbranched alkanes of at least 4 members (excludes halogenated alkanes) is 11. The molecule has 0 aromatic heterocycles. The zero-order valence-corrected chi connectivity index (χ0v) is 25.2. The van der Waals surface area contributed by atoms with Crippen molar-refractivity contribution in [1.82, 2.24) is 10.6 Å². The zero-order valence-electron chi connectivity index (χ0n) is 25.2. The molecule has 5 nitrogen and oxygen atoms in total. The number of nitrogens with one attached hydrogen (secondary N) is 2. The molecule has 0 saturated carbocycles. The molecule has 3 rings (SSSR count). The minimum Gasteiger partial charge on any atom is -0.493 e. The Labute approximate surface area is 243 Å². The molecule has 2 unspecified atom stereocenters. The van der Waals surface area contributed by atoms with Gasteiger partial charge in [-0.25, -0.2) is 0 Å². The predicted molar refractivity (Wildman–Crippen MR) is 166 cm³/mol. The summed E-state index contributed by atoms with van der Waals surface area (Å²) in [5, 5.41) is 6.79. The molecule has 1 aliphatic rings. The number of ether oxygens (including phenoxy) is 2. The molecule has 2 aromatic rings. The van der Waals surface area contributed by atoms with E-state index in [1.54, 1.807) is 14.2 Å². The van der Waals surface area contributed by atoms with Crippen LogP contribution in [-0.2, 0) is 4.79 Å². The van der Waals surface area contributed by atoms with Crippen molar-refractivity contribution in [3.63, 3.8) is 0 Å². The van der Waals surface area contributed by atoms with E-state index in [2.05, 4.69) is 60.0 Å². The highest BCUT2D eigenvalue weighted by Gasteiger charge is 2.30. The van der Waals surface area contributed by atoms with Crippen molar-refractivity contribution >= 4 is 5.91 Å². The fourth-order valence-electron chi connectivity index (χ4n) is 5.62. The lowest BCUT2D eigenvalue weighted by Crippen LogP contribution is -2.43. The first-order chi connectivity index (χ1) is 19.7. The van der Waals surface area contributed by atoms with Crippen LogP contribution in [0.15, 0.2) is 54.6 Å². The van der Waals surface area contributed by atoms with Crippen LogP contribution >= 0.6 is 0 Å². The minimum absolute atomic E-state index is 0.0917. The highest BCUT2D eigenvalue weighted by Crippen LogP contribution is 2.40. The van der Waals surface area contributed by atoms with Gasteiger partial charge in [-0.15, -0.1) is 0 Å². The van der Waals surface area contributed by atoms with Gasteiger partial charge < -0.3 is 14.8 Å². The number of amides is 1. The first kappa shape index (κ1) is 31.7. The molecule has 1 aliphatic heterocycles. The Hall–Kier alpha value is -2.79. The van der Waals surface area contributed by atoms with Crippen LogP contribution in [0.1, 0.15) is 126 Å². The number of hydrogen-bond acceptors (Lipinski definition) is 4. The van der Waals surface area contributed by atoms with Crippen molar-refractivity contribution in [2.75, 3.05) is 20.8 Å². The number of fused-ring (bicyclic) bond motifs is 1. The first-order valence-electron chi connectivity index (χ1n) is 15.7. The number of carbonyl (C=O) groups is 1. The second-order valence-corrected chi connectivity index (χ2v) is 11.0. The number of allylic oxidation sites excluding steroid dienone is 2. The van der Waals surface area contributed by atoms with Gasteiger partial charge >= 0.3 is 0 Å². The van der Waals surface area contributed by atoms with Gasteiger partial charge in [-0.1, -0.05) is 101 Å². The van der Waals surface area contributed by atoms with E-state index in [0.717, 1.165) is 30.5 Å². The summed E-state index contributed by atoms with van der Waals surface area (Å²) in [6.45, 7) is 3.01. The summed E-state index contributed by atoms with van der Waals surface area (Å²) < 4.78 is 11.2. The second-order valence-electron chi connectivity index (χ2n) is 11.0. The summed E-state index contributed by atoms with van der Waals surface area (Å²) in [6.07, 6.45) is 21.4. The summed E-state index contributed by atoms with van der Waals surface area (Å²) in [4.78, 5) is 12.9. The lowest BCUT2D eigenvalue weighted by atomic mass is 9.84. The van der Waals surface area contributed by atoms with Crippen LogP contribution in [0.2, 0.25) is 0 Å². The molecular weight excluding hydrogens is 496 g/mol. The summed E-state index contributed by atoms with van der Waals surface area (Å²) in [7, 11) is 3.31. The maximum Gasteiger partial charge on any atom is 0.221 e. The molecule has 2 aromatic carbocycles. The standard InChI is InChI=1S/C35H52N2O3/c1-4-5-6-7-8-9-10-11-12-13-14-15-16-17-21-24-34(38)37-35-30-26-33(40-3)32(39-2)25-29(30)31(27-36-35)28-22-19-18-20-23-28/h11-12,18-20,22-23,25-26,31,35-36H,4-10,13-17,21,24,27H2,1-3H3,(H,37,38)/b12-11-. The molecule has 1 amide bonds. The first-order valence-corrected chi connectivity index (χ1v) is 15.7. The minimum atomic E-state index is -0.245. The molecular formula is C35H52N2O3. The van der Waals surface area contributed by atoms with E-state index in [1.165, 1.54) is 76.2 Å². The molecule has 0 radical (unpaired) electrons. The van der Waals surface area contributed by atoms with Gasteiger partial charge in [-0.2, -0.15) is 0 Å². The van der Waals surface area contributed by atoms with Crippen LogP contribution in [0.3, 0.4) is 0 Å². The van der Waals surface area contributed by atoms with Crippen LogP contribution < -0.4 is 20.1 Å². The summed E-state index contributed by atoms with van der Waals surface area (Å²) >= 11 is 0. The summed E-state index contributed by atoms with van der Waals surface area (Å²) in [5.41, 5.74) is 3.44. The summed E-state index contributed by atoms with van der Waals surface area (Å²) in [5.74, 6) is 1.65. The van der Waals surface area contributed by atoms with Crippen molar-refractivity contribution in [3.05, 3.63) is 71.3 Å². The maximum atomic E-state index is 12.9. The molecule has 1 heterocycles. The number of hydrogen-bond donors (Lipinski definition) is 2. The van der Waals surface area contributed by atoms with E-state index in [4.69, 9.17) is 9.47 Å². The quantitative estimate of drug-likeness (QED) is 0.136. The third-order valence-corrected chi connectivity index (χ3v) is 7.97. The highest BCUT2D eigenvalue weighted by atomic mass is 16.5. The van der Waals surface area contributed by atoms with E-state index in [9.17, 15) is 4.79 Å². The lowest BCUT2D eigenvalue weighted by molar-refractivity contribution is -0.122.